The Kier molecular flexibility index (Phi) is 3.15. The van der Waals surface area contributed by atoms with E-state index in [4.69, 9.17) is 0 Å². The van der Waals surface area contributed by atoms with Crippen LogP contribution in [-0.2, 0) is 19.1 Å². The van der Waals surface area contributed by atoms with Gasteiger partial charge in [-0.2, -0.15) is 13.2 Å². The van der Waals surface area contributed by atoms with Crippen molar-refractivity contribution < 1.29 is 13.2 Å². The lowest BCUT2D eigenvalue weighted by atomic mass is 10.1. The van der Waals surface area contributed by atoms with Crippen molar-refractivity contribution in [1.29, 1.82) is 0 Å². The van der Waals surface area contributed by atoms with Crippen LogP contribution in [0.3, 0.4) is 0 Å². The molecule has 5 nitrogen and oxygen atoms in total. The average molecular weight is 296 g/mol. The van der Waals surface area contributed by atoms with Crippen LogP contribution in [0, 0.1) is 0 Å². The average Bonchev–Trinajstić information content (AvgIpc) is 2.46. The third-order valence-corrected chi connectivity index (χ3v) is 3.41. The first kappa shape index (κ1) is 13.6. The van der Waals surface area contributed by atoms with Gasteiger partial charge in [-0.25, -0.2) is 9.97 Å². The van der Waals surface area contributed by atoms with Crippen molar-refractivity contribution in [3.63, 3.8) is 0 Å². The summed E-state index contributed by atoms with van der Waals surface area (Å²) >= 11 is 0. The van der Waals surface area contributed by atoms with Gasteiger partial charge < -0.3 is 9.88 Å². The van der Waals surface area contributed by atoms with Crippen LogP contribution in [0.15, 0.2) is 29.5 Å². The Labute approximate surface area is 117 Å². The number of aromatic nitrogens is 3. The number of H-pyrrole nitrogens is 1. The van der Waals surface area contributed by atoms with E-state index in [0.717, 1.165) is 18.3 Å². The van der Waals surface area contributed by atoms with Crippen LogP contribution in [0.5, 0.6) is 0 Å². The highest BCUT2D eigenvalue weighted by molar-refractivity contribution is 5.44. The predicted molar refractivity (Wildman–Crippen MR) is 68.9 cm³/mol. The highest BCUT2D eigenvalue weighted by atomic mass is 19.4. The fourth-order valence-electron chi connectivity index (χ4n) is 2.33. The molecule has 110 valence electrons. The quantitative estimate of drug-likeness (QED) is 0.871. The van der Waals surface area contributed by atoms with Gasteiger partial charge in [0.05, 0.1) is 24.1 Å². The highest BCUT2D eigenvalue weighted by Crippen LogP contribution is 2.31. The Balaban J connectivity index is 1.92. The second-order valence-electron chi connectivity index (χ2n) is 4.73. The summed E-state index contributed by atoms with van der Waals surface area (Å²) in [5, 5.41) is 0. The molecule has 0 saturated carbocycles. The minimum Gasteiger partial charge on any atom is -0.350 e. The topological polar surface area (TPSA) is 61.9 Å². The number of fused-ring (bicyclic) bond motifs is 1. The zero-order chi connectivity index (χ0) is 15.0. The molecule has 2 aromatic rings. The third-order valence-electron chi connectivity index (χ3n) is 3.41. The van der Waals surface area contributed by atoms with Crippen LogP contribution >= 0.6 is 0 Å². The summed E-state index contributed by atoms with van der Waals surface area (Å²) in [5.74, 6) is 0.234. The predicted octanol–water partition coefficient (Wildman–Crippen LogP) is 1.75. The van der Waals surface area contributed by atoms with Gasteiger partial charge in [-0.05, 0) is 18.6 Å². The fourth-order valence-corrected chi connectivity index (χ4v) is 2.33. The zero-order valence-electron chi connectivity index (χ0n) is 10.8. The second-order valence-corrected chi connectivity index (χ2v) is 4.73. The summed E-state index contributed by atoms with van der Waals surface area (Å²) in [4.78, 5) is 23.9. The van der Waals surface area contributed by atoms with Crippen molar-refractivity contribution in [1.82, 2.24) is 15.0 Å². The van der Waals surface area contributed by atoms with E-state index in [1.54, 1.807) is 4.90 Å². The lowest BCUT2D eigenvalue weighted by Gasteiger charge is -2.28. The number of anilines is 1. The van der Waals surface area contributed by atoms with Crippen LogP contribution < -0.4 is 10.5 Å². The van der Waals surface area contributed by atoms with E-state index in [1.807, 2.05) is 0 Å². The minimum absolute atomic E-state index is 0.198. The standard InChI is InChI=1S/C13H11F3N4O/c14-13(15,16)8-1-3-17-11(5-8)20-4-2-9-10(6-20)18-7-19-12(9)21/h1,3,5,7H,2,4,6H2,(H,18,19,21). The first-order valence-electron chi connectivity index (χ1n) is 6.29. The van der Waals surface area contributed by atoms with Crippen molar-refractivity contribution in [3.05, 3.63) is 51.8 Å². The van der Waals surface area contributed by atoms with Gasteiger partial charge in [-0.3, -0.25) is 4.79 Å². The maximum absolute atomic E-state index is 12.7. The number of pyridine rings is 1. The number of hydrogen-bond acceptors (Lipinski definition) is 4. The second kappa shape index (κ2) is 4.87. The highest BCUT2D eigenvalue weighted by Gasteiger charge is 2.31. The normalized spacial score (nSPS) is 14.9. The van der Waals surface area contributed by atoms with Gasteiger partial charge >= 0.3 is 6.18 Å². The van der Waals surface area contributed by atoms with Crippen LogP contribution in [-0.4, -0.2) is 21.5 Å². The lowest BCUT2D eigenvalue weighted by molar-refractivity contribution is -0.137. The van der Waals surface area contributed by atoms with E-state index >= 15 is 0 Å². The van der Waals surface area contributed by atoms with Gasteiger partial charge in [0.25, 0.3) is 5.56 Å². The van der Waals surface area contributed by atoms with Crippen LogP contribution in [0.2, 0.25) is 0 Å². The van der Waals surface area contributed by atoms with Crippen molar-refractivity contribution in [2.24, 2.45) is 0 Å². The Morgan fingerprint density at radius 2 is 2.10 bits per heavy atom. The number of aromatic amines is 1. The first-order chi connectivity index (χ1) is 9.95. The lowest BCUT2D eigenvalue weighted by Crippen LogP contribution is -2.35. The SMILES string of the molecule is O=c1[nH]cnc2c1CCN(c1cc(C(F)(F)F)ccn1)C2. The summed E-state index contributed by atoms with van der Waals surface area (Å²) < 4.78 is 38.2. The summed E-state index contributed by atoms with van der Waals surface area (Å²) in [7, 11) is 0. The minimum atomic E-state index is -4.40. The summed E-state index contributed by atoms with van der Waals surface area (Å²) in [6, 6.07) is 1.95. The molecule has 0 fully saturated rings. The van der Waals surface area contributed by atoms with E-state index in [1.165, 1.54) is 6.33 Å². The molecule has 0 bridgehead atoms. The molecular formula is C13H11F3N4O. The molecular weight excluding hydrogens is 285 g/mol. The number of hydrogen-bond donors (Lipinski definition) is 1. The van der Waals surface area contributed by atoms with E-state index < -0.39 is 11.7 Å². The molecule has 0 radical (unpaired) electrons. The van der Waals surface area contributed by atoms with Crippen molar-refractivity contribution in [2.75, 3.05) is 11.4 Å². The van der Waals surface area contributed by atoms with E-state index in [9.17, 15) is 18.0 Å². The molecule has 21 heavy (non-hydrogen) atoms. The molecule has 3 rings (SSSR count). The van der Waals surface area contributed by atoms with Gasteiger partial charge in [-0.1, -0.05) is 0 Å². The molecule has 1 aliphatic heterocycles. The smallest absolute Gasteiger partial charge is 0.350 e. The maximum Gasteiger partial charge on any atom is 0.416 e. The molecule has 0 atom stereocenters. The number of alkyl halides is 3. The van der Waals surface area contributed by atoms with Gasteiger partial charge in [0.2, 0.25) is 0 Å². The molecule has 0 aromatic carbocycles. The molecule has 3 heterocycles. The summed E-state index contributed by atoms with van der Waals surface area (Å²) in [5.41, 5.74) is 0.221. The van der Waals surface area contributed by atoms with Crippen molar-refractivity contribution in [2.45, 2.75) is 19.1 Å². The fraction of sp³-hybridized carbons (Fsp3) is 0.308. The monoisotopic (exact) mass is 296 g/mol. The van der Waals surface area contributed by atoms with Gasteiger partial charge in [-0.15, -0.1) is 0 Å². The molecule has 0 saturated heterocycles. The largest absolute Gasteiger partial charge is 0.416 e. The van der Waals surface area contributed by atoms with Gasteiger partial charge in [0.1, 0.15) is 5.82 Å². The van der Waals surface area contributed by atoms with Crippen molar-refractivity contribution in [3.8, 4) is 0 Å². The van der Waals surface area contributed by atoms with E-state index in [-0.39, 0.29) is 17.9 Å². The molecule has 2 aromatic heterocycles. The van der Waals surface area contributed by atoms with Crippen LogP contribution in [0.25, 0.3) is 0 Å². The Morgan fingerprint density at radius 1 is 1.29 bits per heavy atom. The maximum atomic E-state index is 12.7. The summed E-state index contributed by atoms with van der Waals surface area (Å²) in [6.45, 7) is 0.698. The molecule has 8 heteroatoms. The first-order valence-corrected chi connectivity index (χ1v) is 6.29. The number of nitrogens with one attached hydrogen (secondary N) is 1. The van der Waals surface area contributed by atoms with Crippen LogP contribution in [0.4, 0.5) is 19.0 Å². The van der Waals surface area contributed by atoms with Gasteiger partial charge in [0.15, 0.2) is 0 Å². The molecule has 1 N–H and O–H groups in total. The number of nitrogens with zero attached hydrogens (tertiary/aromatic N) is 3. The Bertz CT molecular complexity index is 726. The number of rotatable bonds is 1. The molecule has 0 spiro atoms. The van der Waals surface area contributed by atoms with Crippen LogP contribution in [0.1, 0.15) is 16.8 Å². The Hall–Kier alpha value is -2.38. The van der Waals surface area contributed by atoms with E-state index in [0.29, 0.717) is 24.2 Å². The number of halogens is 3. The molecule has 1 aliphatic rings. The van der Waals surface area contributed by atoms with Gasteiger partial charge in [0, 0.05) is 18.3 Å². The molecule has 0 aliphatic carbocycles. The Morgan fingerprint density at radius 3 is 2.86 bits per heavy atom. The summed E-state index contributed by atoms with van der Waals surface area (Å²) in [6.07, 6.45) is -1.54. The third kappa shape index (κ3) is 2.61. The zero-order valence-corrected chi connectivity index (χ0v) is 10.8. The molecule has 0 amide bonds. The van der Waals surface area contributed by atoms with Crippen molar-refractivity contribution >= 4 is 5.82 Å². The van der Waals surface area contributed by atoms with E-state index in [2.05, 4.69) is 15.0 Å². The molecule has 0 unspecified atom stereocenters.